The molecule has 10 heteroatoms. The van der Waals surface area contributed by atoms with Crippen LogP contribution < -0.4 is 20.5 Å². The van der Waals surface area contributed by atoms with Gasteiger partial charge in [0.1, 0.15) is 17.1 Å². The molecule has 0 aliphatic heterocycles. The minimum absolute atomic E-state index is 0.00353. The number of alkyl halides is 2. The molecule has 0 aliphatic rings. The van der Waals surface area contributed by atoms with Gasteiger partial charge in [0, 0.05) is 6.07 Å². The van der Waals surface area contributed by atoms with E-state index in [0.717, 1.165) is 0 Å². The summed E-state index contributed by atoms with van der Waals surface area (Å²) >= 11 is 5.91. The average molecular weight is 415 g/mol. The van der Waals surface area contributed by atoms with E-state index >= 15 is 0 Å². The number of nitrogens with one attached hydrogen (secondary N) is 1. The monoisotopic (exact) mass is 414 g/mol. The van der Waals surface area contributed by atoms with Gasteiger partial charge in [-0.1, -0.05) is 23.7 Å². The molecule has 150 valence electrons. The minimum atomic E-state index is -3.06. The molecule has 0 saturated carbocycles. The molecule has 0 aliphatic carbocycles. The van der Waals surface area contributed by atoms with Crippen LogP contribution in [0.3, 0.4) is 0 Å². The number of benzene rings is 2. The van der Waals surface area contributed by atoms with Gasteiger partial charge in [0.15, 0.2) is 6.10 Å². The molecule has 0 bridgehead atoms. The van der Waals surface area contributed by atoms with Crippen LogP contribution in [0.5, 0.6) is 11.5 Å². The van der Waals surface area contributed by atoms with Crippen LogP contribution in [0.25, 0.3) is 0 Å². The smallest absolute Gasteiger partial charge is 0.387 e. The van der Waals surface area contributed by atoms with E-state index in [4.69, 9.17) is 26.8 Å². The molecule has 0 fully saturated rings. The molecule has 0 aromatic heterocycles. The average Bonchev–Trinajstić information content (AvgIpc) is 2.64. The summed E-state index contributed by atoms with van der Waals surface area (Å²) < 4.78 is 39.4. The van der Waals surface area contributed by atoms with E-state index in [1.165, 1.54) is 50.4 Å². The molecule has 1 unspecified atom stereocenters. The van der Waals surface area contributed by atoms with Gasteiger partial charge >= 0.3 is 12.6 Å². The molecule has 1 amide bonds. The standard InChI is InChI=1S/C18H17ClF2N2O5/c1-9(16(24)23-13-5-3-4-6-14(13)28-18(20)21)27-17(25)10-7-11(19)12(22)8-15(10)26-2/h3-9,18H,22H2,1-2H3,(H,23,24). The summed E-state index contributed by atoms with van der Waals surface area (Å²) in [6.45, 7) is -1.74. The van der Waals surface area contributed by atoms with Crippen molar-refractivity contribution in [3.8, 4) is 11.5 Å². The second-order valence-electron chi connectivity index (χ2n) is 5.49. The van der Waals surface area contributed by atoms with Crippen molar-refractivity contribution in [1.82, 2.24) is 0 Å². The highest BCUT2D eigenvalue weighted by Gasteiger charge is 2.23. The van der Waals surface area contributed by atoms with Crippen molar-refractivity contribution in [3.63, 3.8) is 0 Å². The maximum absolute atomic E-state index is 12.5. The fourth-order valence-electron chi connectivity index (χ4n) is 2.18. The lowest BCUT2D eigenvalue weighted by atomic mass is 10.2. The molecular formula is C18H17ClF2N2O5. The van der Waals surface area contributed by atoms with E-state index in [1.807, 2.05) is 0 Å². The van der Waals surface area contributed by atoms with Gasteiger partial charge in [0.25, 0.3) is 5.91 Å². The van der Waals surface area contributed by atoms with Gasteiger partial charge in [-0.3, -0.25) is 4.79 Å². The zero-order valence-corrected chi connectivity index (χ0v) is 15.6. The van der Waals surface area contributed by atoms with Crippen molar-refractivity contribution in [2.45, 2.75) is 19.6 Å². The molecule has 7 nitrogen and oxygen atoms in total. The summed E-state index contributed by atoms with van der Waals surface area (Å²) in [5.74, 6) is -1.73. The summed E-state index contributed by atoms with van der Waals surface area (Å²) in [5.41, 5.74) is 5.84. The Labute approximate surface area is 164 Å². The number of hydrogen-bond donors (Lipinski definition) is 2. The fourth-order valence-corrected chi connectivity index (χ4v) is 2.34. The third kappa shape index (κ3) is 5.23. The minimum Gasteiger partial charge on any atom is -0.496 e. The van der Waals surface area contributed by atoms with Crippen LogP contribution >= 0.6 is 11.6 Å². The summed E-state index contributed by atoms with van der Waals surface area (Å²) in [7, 11) is 1.33. The largest absolute Gasteiger partial charge is 0.496 e. The second-order valence-corrected chi connectivity index (χ2v) is 5.89. The first kappa shape index (κ1) is 21.2. The van der Waals surface area contributed by atoms with Gasteiger partial charge in [-0.15, -0.1) is 0 Å². The van der Waals surface area contributed by atoms with E-state index in [-0.39, 0.29) is 33.5 Å². The second kappa shape index (κ2) is 9.23. The number of ether oxygens (including phenoxy) is 3. The van der Waals surface area contributed by atoms with Gasteiger partial charge in [-0.2, -0.15) is 8.78 Å². The van der Waals surface area contributed by atoms with Crippen LogP contribution in [-0.4, -0.2) is 31.7 Å². The Hall–Kier alpha value is -3.07. The van der Waals surface area contributed by atoms with Crippen molar-refractivity contribution in [2.24, 2.45) is 0 Å². The first-order valence-electron chi connectivity index (χ1n) is 7.91. The van der Waals surface area contributed by atoms with Crippen molar-refractivity contribution in [1.29, 1.82) is 0 Å². The molecule has 28 heavy (non-hydrogen) atoms. The van der Waals surface area contributed by atoms with E-state index in [1.54, 1.807) is 0 Å². The zero-order valence-electron chi connectivity index (χ0n) is 14.9. The highest BCUT2D eigenvalue weighted by molar-refractivity contribution is 6.33. The number of hydrogen-bond acceptors (Lipinski definition) is 6. The number of carbonyl (C=O) groups excluding carboxylic acids is 2. The Bertz CT molecular complexity index is 879. The predicted molar refractivity (Wildman–Crippen MR) is 99.0 cm³/mol. The normalized spacial score (nSPS) is 11.6. The van der Waals surface area contributed by atoms with E-state index in [2.05, 4.69) is 10.1 Å². The maximum Gasteiger partial charge on any atom is 0.387 e. The number of nitrogens with two attached hydrogens (primary N) is 1. The first-order chi connectivity index (χ1) is 13.2. The predicted octanol–water partition coefficient (Wildman–Crippen LogP) is 3.72. The number of amides is 1. The van der Waals surface area contributed by atoms with Crippen molar-refractivity contribution in [3.05, 3.63) is 47.0 Å². The summed E-state index contributed by atoms with van der Waals surface area (Å²) in [4.78, 5) is 24.6. The van der Waals surface area contributed by atoms with Crippen LogP contribution in [-0.2, 0) is 9.53 Å². The molecule has 0 heterocycles. The van der Waals surface area contributed by atoms with Crippen LogP contribution in [0.4, 0.5) is 20.2 Å². The van der Waals surface area contributed by atoms with Crippen LogP contribution in [0.2, 0.25) is 5.02 Å². The summed E-state index contributed by atoms with van der Waals surface area (Å²) in [5, 5.41) is 2.48. The lowest BCUT2D eigenvalue weighted by Gasteiger charge is -2.17. The number of methoxy groups -OCH3 is 1. The Morgan fingerprint density at radius 3 is 2.50 bits per heavy atom. The summed E-state index contributed by atoms with van der Waals surface area (Å²) in [6, 6.07) is 8.22. The van der Waals surface area contributed by atoms with Gasteiger partial charge in [0.2, 0.25) is 0 Å². The Morgan fingerprint density at radius 2 is 1.86 bits per heavy atom. The van der Waals surface area contributed by atoms with Gasteiger partial charge in [-0.05, 0) is 25.1 Å². The third-order valence-electron chi connectivity index (χ3n) is 3.55. The highest BCUT2D eigenvalue weighted by atomic mass is 35.5. The molecule has 0 spiro atoms. The quantitative estimate of drug-likeness (QED) is 0.529. The molecule has 1 atom stereocenters. The van der Waals surface area contributed by atoms with Crippen molar-refractivity contribution in [2.75, 3.05) is 18.2 Å². The van der Waals surface area contributed by atoms with E-state index in [9.17, 15) is 18.4 Å². The number of nitrogen functional groups attached to an aromatic ring is 1. The van der Waals surface area contributed by atoms with Gasteiger partial charge in [0.05, 0.1) is 23.5 Å². The molecule has 3 N–H and O–H groups in total. The number of anilines is 2. The van der Waals surface area contributed by atoms with Crippen molar-refractivity contribution < 1.29 is 32.6 Å². The SMILES string of the molecule is COc1cc(N)c(Cl)cc1C(=O)OC(C)C(=O)Nc1ccccc1OC(F)F. The Morgan fingerprint density at radius 1 is 1.18 bits per heavy atom. The number of halogens is 3. The molecular weight excluding hydrogens is 398 g/mol. The maximum atomic E-state index is 12.5. The van der Waals surface area contributed by atoms with E-state index < -0.39 is 24.6 Å². The highest BCUT2D eigenvalue weighted by Crippen LogP contribution is 2.30. The summed E-state index contributed by atoms with van der Waals surface area (Å²) in [6.07, 6.45) is -1.26. The first-order valence-corrected chi connectivity index (χ1v) is 8.29. The van der Waals surface area contributed by atoms with Gasteiger partial charge in [-0.25, -0.2) is 4.79 Å². The van der Waals surface area contributed by atoms with E-state index in [0.29, 0.717) is 0 Å². The lowest BCUT2D eigenvalue weighted by Crippen LogP contribution is -2.30. The van der Waals surface area contributed by atoms with Crippen LogP contribution in [0.15, 0.2) is 36.4 Å². The van der Waals surface area contributed by atoms with Crippen LogP contribution in [0, 0.1) is 0 Å². The molecule has 2 aromatic rings. The lowest BCUT2D eigenvalue weighted by molar-refractivity contribution is -0.123. The molecule has 0 radical (unpaired) electrons. The third-order valence-corrected chi connectivity index (χ3v) is 3.88. The number of rotatable bonds is 7. The van der Waals surface area contributed by atoms with Crippen LogP contribution in [0.1, 0.15) is 17.3 Å². The van der Waals surface area contributed by atoms with Gasteiger partial charge < -0.3 is 25.3 Å². The number of carbonyl (C=O) groups is 2. The zero-order chi connectivity index (χ0) is 20.8. The fraction of sp³-hybridized carbons (Fsp3) is 0.222. The molecule has 2 rings (SSSR count). The molecule has 0 saturated heterocycles. The Kier molecular flexibility index (Phi) is 7.00. The topological polar surface area (TPSA) is 99.9 Å². The van der Waals surface area contributed by atoms with Crippen molar-refractivity contribution >= 4 is 34.9 Å². The number of para-hydroxylation sites is 2. The number of esters is 1. The Balaban J connectivity index is 2.11. The molecule has 2 aromatic carbocycles.